The van der Waals surface area contributed by atoms with E-state index in [4.69, 9.17) is 0 Å². The normalized spacial score (nSPS) is 13.4. The van der Waals surface area contributed by atoms with Gasteiger partial charge in [0.2, 0.25) is 11.8 Å². The van der Waals surface area contributed by atoms with E-state index >= 15 is 0 Å². The van der Waals surface area contributed by atoms with Gasteiger partial charge in [-0.1, -0.05) is 18.2 Å². The van der Waals surface area contributed by atoms with E-state index in [1.54, 1.807) is 36.5 Å². The lowest BCUT2D eigenvalue weighted by molar-refractivity contribution is -0.125. The third kappa shape index (κ3) is 3.91. The molecule has 0 aliphatic carbocycles. The number of pyridine rings is 2. The minimum Gasteiger partial charge on any atom is -0.338 e. The van der Waals surface area contributed by atoms with Crippen molar-refractivity contribution in [3.63, 3.8) is 0 Å². The minimum absolute atomic E-state index is 0.0109. The summed E-state index contributed by atoms with van der Waals surface area (Å²) in [6.45, 7) is 0.482. The summed E-state index contributed by atoms with van der Waals surface area (Å²) in [5, 5.41) is 3.81. The number of hydrogen-bond donors (Lipinski definition) is 1. The standard InChI is InChI=1S/C22H20N4O2/c1-26(14-16-11-17-4-2-3-5-19(17)23-13-16)21(28)9-6-15-10-18-7-8-20(27)25-22(18)24-12-15/h2-6,9-13H,7-8,14H2,1H3,(H,24,25,27)/b9-6+. The van der Waals surface area contributed by atoms with Crippen LogP contribution in [0.15, 0.2) is 54.9 Å². The van der Waals surface area contributed by atoms with Crippen molar-refractivity contribution in [2.45, 2.75) is 19.4 Å². The molecular formula is C22H20N4O2. The first-order valence-corrected chi connectivity index (χ1v) is 9.14. The average Bonchev–Trinajstić information content (AvgIpc) is 2.71. The molecule has 0 radical (unpaired) electrons. The summed E-state index contributed by atoms with van der Waals surface area (Å²) in [6.07, 6.45) is 7.88. The van der Waals surface area contributed by atoms with E-state index in [0.29, 0.717) is 25.2 Å². The van der Waals surface area contributed by atoms with Gasteiger partial charge in [-0.15, -0.1) is 0 Å². The van der Waals surface area contributed by atoms with E-state index in [-0.39, 0.29) is 11.8 Å². The monoisotopic (exact) mass is 372 g/mol. The fourth-order valence-electron chi connectivity index (χ4n) is 3.22. The largest absolute Gasteiger partial charge is 0.338 e. The lowest BCUT2D eigenvalue weighted by Crippen LogP contribution is -2.24. The van der Waals surface area contributed by atoms with E-state index in [9.17, 15) is 9.59 Å². The number of rotatable bonds is 4. The van der Waals surface area contributed by atoms with Crippen LogP contribution in [0.1, 0.15) is 23.1 Å². The Morgan fingerprint density at radius 3 is 2.93 bits per heavy atom. The molecule has 6 nitrogen and oxygen atoms in total. The van der Waals surface area contributed by atoms with Crippen molar-refractivity contribution in [2.24, 2.45) is 0 Å². The van der Waals surface area contributed by atoms with Crippen molar-refractivity contribution < 1.29 is 9.59 Å². The molecule has 0 bridgehead atoms. The molecule has 3 heterocycles. The van der Waals surface area contributed by atoms with Gasteiger partial charge in [-0.25, -0.2) is 4.98 Å². The zero-order valence-corrected chi connectivity index (χ0v) is 15.6. The van der Waals surface area contributed by atoms with Gasteiger partial charge in [0.1, 0.15) is 5.82 Å². The molecule has 28 heavy (non-hydrogen) atoms. The van der Waals surface area contributed by atoms with Crippen LogP contribution in [0.5, 0.6) is 0 Å². The second-order valence-electron chi connectivity index (χ2n) is 6.89. The summed E-state index contributed by atoms with van der Waals surface area (Å²) < 4.78 is 0. The molecule has 0 saturated heterocycles. The van der Waals surface area contributed by atoms with E-state index in [2.05, 4.69) is 21.4 Å². The van der Waals surface area contributed by atoms with E-state index in [1.165, 1.54) is 0 Å². The number of nitrogens with one attached hydrogen (secondary N) is 1. The molecule has 3 aromatic rings. The maximum atomic E-state index is 12.5. The Kier molecular flexibility index (Phi) is 4.85. The van der Waals surface area contributed by atoms with Crippen molar-refractivity contribution in [1.82, 2.24) is 14.9 Å². The summed E-state index contributed by atoms with van der Waals surface area (Å²) >= 11 is 0. The fourth-order valence-corrected chi connectivity index (χ4v) is 3.22. The number of likely N-dealkylation sites (N-methyl/N-ethyl adjacent to an activating group) is 1. The van der Waals surface area contributed by atoms with Crippen LogP contribution in [-0.2, 0) is 22.6 Å². The Bertz CT molecular complexity index is 1090. The van der Waals surface area contributed by atoms with Gasteiger partial charge < -0.3 is 10.2 Å². The lowest BCUT2D eigenvalue weighted by atomic mass is 10.0. The Hall–Kier alpha value is -3.54. The number of benzene rings is 1. The predicted molar refractivity (Wildman–Crippen MR) is 108 cm³/mol. The molecular weight excluding hydrogens is 352 g/mol. The number of nitrogens with zero attached hydrogens (tertiary/aromatic N) is 3. The van der Waals surface area contributed by atoms with Gasteiger partial charge in [-0.05, 0) is 47.4 Å². The van der Waals surface area contributed by atoms with Crippen molar-refractivity contribution in [3.05, 3.63) is 71.6 Å². The number of para-hydroxylation sites is 1. The molecule has 0 spiro atoms. The van der Waals surface area contributed by atoms with Gasteiger partial charge in [0.25, 0.3) is 0 Å². The molecule has 6 heteroatoms. The van der Waals surface area contributed by atoms with Crippen LogP contribution in [0.25, 0.3) is 17.0 Å². The Balaban J connectivity index is 1.43. The number of amides is 2. The van der Waals surface area contributed by atoms with Crippen LogP contribution in [-0.4, -0.2) is 33.7 Å². The third-order valence-corrected chi connectivity index (χ3v) is 4.73. The Morgan fingerprint density at radius 2 is 2.04 bits per heavy atom. The molecule has 0 unspecified atom stereocenters. The van der Waals surface area contributed by atoms with E-state index in [1.807, 2.05) is 30.3 Å². The maximum absolute atomic E-state index is 12.5. The van der Waals surface area contributed by atoms with Crippen LogP contribution in [0.2, 0.25) is 0 Å². The molecule has 0 fully saturated rings. The number of aromatic nitrogens is 2. The van der Waals surface area contributed by atoms with Gasteiger partial charge in [-0.3, -0.25) is 14.6 Å². The second-order valence-corrected chi connectivity index (χ2v) is 6.89. The highest BCUT2D eigenvalue weighted by molar-refractivity contribution is 5.93. The first-order chi connectivity index (χ1) is 13.6. The predicted octanol–water partition coefficient (Wildman–Crippen LogP) is 3.19. The van der Waals surface area contributed by atoms with Crippen LogP contribution < -0.4 is 5.32 Å². The summed E-state index contributed by atoms with van der Waals surface area (Å²) in [6, 6.07) is 11.9. The molecule has 0 atom stereocenters. The van der Waals surface area contributed by atoms with E-state index < -0.39 is 0 Å². The fraction of sp³-hybridized carbons (Fsp3) is 0.182. The van der Waals surface area contributed by atoms with Gasteiger partial charge in [-0.2, -0.15) is 0 Å². The molecule has 2 aromatic heterocycles. The number of anilines is 1. The van der Waals surface area contributed by atoms with Crippen LogP contribution in [0.4, 0.5) is 5.82 Å². The minimum atomic E-state index is -0.0980. The van der Waals surface area contributed by atoms with Crippen molar-refractivity contribution in [1.29, 1.82) is 0 Å². The maximum Gasteiger partial charge on any atom is 0.246 e. The molecule has 4 rings (SSSR count). The Labute approximate surface area is 162 Å². The summed E-state index contributed by atoms with van der Waals surface area (Å²) in [5.41, 5.74) is 3.75. The quantitative estimate of drug-likeness (QED) is 0.714. The first-order valence-electron chi connectivity index (χ1n) is 9.14. The number of hydrogen-bond acceptors (Lipinski definition) is 4. The number of carbonyl (C=O) groups excluding carboxylic acids is 2. The molecule has 2 amide bonds. The van der Waals surface area contributed by atoms with Gasteiger partial charge in [0, 0.05) is 43.9 Å². The molecule has 1 aliphatic rings. The number of carbonyl (C=O) groups is 2. The highest BCUT2D eigenvalue weighted by atomic mass is 16.2. The molecule has 140 valence electrons. The number of aryl methyl sites for hydroxylation is 1. The van der Waals surface area contributed by atoms with Crippen LogP contribution >= 0.6 is 0 Å². The van der Waals surface area contributed by atoms with Crippen LogP contribution in [0, 0.1) is 0 Å². The highest BCUT2D eigenvalue weighted by Gasteiger charge is 2.15. The van der Waals surface area contributed by atoms with Crippen molar-refractivity contribution >= 4 is 34.6 Å². The van der Waals surface area contributed by atoms with Gasteiger partial charge in [0.05, 0.1) is 5.52 Å². The SMILES string of the molecule is CN(Cc1cnc2ccccc2c1)C(=O)/C=C/c1cnc2c(c1)CCC(=O)N2. The zero-order chi connectivity index (χ0) is 19.5. The molecule has 1 N–H and O–H groups in total. The first kappa shape index (κ1) is 17.9. The second kappa shape index (κ2) is 7.60. The summed E-state index contributed by atoms with van der Waals surface area (Å²) in [4.78, 5) is 34.2. The lowest BCUT2D eigenvalue weighted by Gasteiger charge is -2.16. The molecule has 0 saturated carbocycles. The average molecular weight is 372 g/mol. The molecule has 1 aromatic carbocycles. The summed E-state index contributed by atoms with van der Waals surface area (Å²) in [5.74, 6) is 0.503. The highest BCUT2D eigenvalue weighted by Crippen LogP contribution is 2.21. The van der Waals surface area contributed by atoms with Crippen molar-refractivity contribution in [3.8, 4) is 0 Å². The molecule has 1 aliphatic heterocycles. The van der Waals surface area contributed by atoms with Crippen LogP contribution in [0.3, 0.4) is 0 Å². The smallest absolute Gasteiger partial charge is 0.246 e. The topological polar surface area (TPSA) is 75.2 Å². The zero-order valence-electron chi connectivity index (χ0n) is 15.6. The Morgan fingerprint density at radius 1 is 1.18 bits per heavy atom. The third-order valence-electron chi connectivity index (χ3n) is 4.73. The summed E-state index contributed by atoms with van der Waals surface area (Å²) in [7, 11) is 1.77. The van der Waals surface area contributed by atoms with E-state index in [0.717, 1.165) is 27.6 Å². The van der Waals surface area contributed by atoms with Gasteiger partial charge >= 0.3 is 0 Å². The number of fused-ring (bicyclic) bond motifs is 2. The van der Waals surface area contributed by atoms with Gasteiger partial charge in [0.15, 0.2) is 0 Å². The van der Waals surface area contributed by atoms with Crippen molar-refractivity contribution in [2.75, 3.05) is 12.4 Å².